The molecule has 0 saturated heterocycles. The first-order valence-electron chi connectivity index (χ1n) is 13.7. The van der Waals surface area contributed by atoms with Gasteiger partial charge >= 0.3 is 5.97 Å². The minimum Gasteiger partial charge on any atom is -0.492 e. The van der Waals surface area contributed by atoms with Gasteiger partial charge in [-0.25, -0.2) is 0 Å². The highest BCUT2D eigenvalue weighted by molar-refractivity contribution is 5.85. The first kappa shape index (κ1) is 27.8. The standard InChI is InChI=1S/C34H33NO4.ClH/c36-34(37)19-28-23-39-33-20-29(12-13-32(28)33)38-22-25-8-4-9-26(18-25)30-11-5-10-27-21-35(17-15-31(27)30)16-14-24-6-2-1-3-7-24;/h1-13,18,20,28H,14-17,19,21-23H2,(H,36,37);1H/t28-;/m1./s1. The highest BCUT2D eigenvalue weighted by Crippen LogP contribution is 2.38. The zero-order chi connectivity index (χ0) is 26.6. The van der Waals surface area contributed by atoms with E-state index in [4.69, 9.17) is 14.6 Å². The molecule has 2 aliphatic rings. The van der Waals surface area contributed by atoms with Crippen molar-refractivity contribution in [3.8, 4) is 22.6 Å². The van der Waals surface area contributed by atoms with E-state index in [0.717, 1.165) is 55.1 Å². The Morgan fingerprint density at radius 3 is 2.62 bits per heavy atom. The maximum Gasteiger partial charge on any atom is 0.304 e. The van der Waals surface area contributed by atoms with Gasteiger partial charge < -0.3 is 14.6 Å². The fourth-order valence-corrected chi connectivity index (χ4v) is 5.78. The normalized spacial score (nSPS) is 15.8. The minimum absolute atomic E-state index is 0. The zero-order valence-electron chi connectivity index (χ0n) is 22.4. The summed E-state index contributed by atoms with van der Waals surface area (Å²) in [4.78, 5) is 13.7. The Balaban J connectivity index is 0.00000323. The summed E-state index contributed by atoms with van der Waals surface area (Å²) >= 11 is 0. The Morgan fingerprint density at radius 2 is 1.77 bits per heavy atom. The number of nitrogens with zero attached hydrogens (tertiary/aromatic N) is 1. The third kappa shape index (κ3) is 6.33. The van der Waals surface area contributed by atoms with Gasteiger partial charge in [0.15, 0.2) is 0 Å². The van der Waals surface area contributed by atoms with Crippen molar-refractivity contribution in [1.29, 1.82) is 0 Å². The van der Waals surface area contributed by atoms with Gasteiger partial charge in [-0.05, 0) is 58.4 Å². The van der Waals surface area contributed by atoms with Crippen molar-refractivity contribution in [3.05, 3.63) is 119 Å². The molecular formula is C34H34ClNO4. The summed E-state index contributed by atoms with van der Waals surface area (Å²) in [7, 11) is 0. The van der Waals surface area contributed by atoms with Crippen LogP contribution in [0.1, 0.15) is 40.2 Å². The van der Waals surface area contributed by atoms with E-state index in [1.165, 1.54) is 27.8 Å². The van der Waals surface area contributed by atoms with Gasteiger partial charge in [-0.2, -0.15) is 0 Å². The van der Waals surface area contributed by atoms with Crippen LogP contribution in [-0.4, -0.2) is 35.7 Å². The molecule has 4 aromatic carbocycles. The number of benzene rings is 4. The largest absolute Gasteiger partial charge is 0.492 e. The van der Waals surface area contributed by atoms with Crippen LogP contribution >= 0.6 is 12.4 Å². The molecular weight excluding hydrogens is 522 g/mol. The van der Waals surface area contributed by atoms with Crippen molar-refractivity contribution in [2.24, 2.45) is 0 Å². The molecule has 0 amide bonds. The molecule has 0 radical (unpaired) electrons. The lowest BCUT2D eigenvalue weighted by Gasteiger charge is -2.30. The van der Waals surface area contributed by atoms with Crippen LogP contribution in [0.2, 0.25) is 0 Å². The third-order valence-electron chi connectivity index (χ3n) is 7.83. The third-order valence-corrected chi connectivity index (χ3v) is 7.83. The average molecular weight is 556 g/mol. The van der Waals surface area contributed by atoms with Crippen LogP contribution in [-0.2, 0) is 30.8 Å². The molecule has 1 N–H and O–H groups in total. The maximum atomic E-state index is 11.1. The van der Waals surface area contributed by atoms with Crippen LogP contribution < -0.4 is 9.47 Å². The molecule has 0 saturated carbocycles. The predicted molar refractivity (Wildman–Crippen MR) is 160 cm³/mol. The number of rotatable bonds is 9. The lowest BCUT2D eigenvalue weighted by atomic mass is 9.90. The van der Waals surface area contributed by atoms with E-state index in [-0.39, 0.29) is 24.7 Å². The lowest BCUT2D eigenvalue weighted by Crippen LogP contribution is -2.32. The Morgan fingerprint density at radius 1 is 0.950 bits per heavy atom. The van der Waals surface area contributed by atoms with E-state index in [0.29, 0.717) is 13.2 Å². The molecule has 2 heterocycles. The Labute approximate surface area is 241 Å². The van der Waals surface area contributed by atoms with Crippen molar-refractivity contribution in [2.75, 3.05) is 19.7 Å². The molecule has 2 aliphatic heterocycles. The van der Waals surface area contributed by atoms with E-state index in [1.807, 2.05) is 18.2 Å². The number of ether oxygens (including phenoxy) is 2. The molecule has 4 aromatic rings. The summed E-state index contributed by atoms with van der Waals surface area (Å²) in [5.41, 5.74) is 8.86. The molecule has 0 spiro atoms. The quantitative estimate of drug-likeness (QED) is 0.243. The van der Waals surface area contributed by atoms with Gasteiger partial charge in [0.1, 0.15) is 18.1 Å². The first-order valence-corrected chi connectivity index (χ1v) is 13.7. The Kier molecular flexibility index (Phi) is 8.73. The lowest BCUT2D eigenvalue weighted by molar-refractivity contribution is -0.137. The number of aliphatic carboxylic acids is 1. The average Bonchev–Trinajstić information content (AvgIpc) is 3.36. The van der Waals surface area contributed by atoms with Crippen LogP contribution in [0.5, 0.6) is 11.5 Å². The van der Waals surface area contributed by atoms with Crippen LogP contribution in [0.25, 0.3) is 11.1 Å². The van der Waals surface area contributed by atoms with E-state index in [1.54, 1.807) is 0 Å². The number of carboxylic acid groups (broad SMARTS) is 1. The van der Waals surface area contributed by atoms with Crippen LogP contribution in [0.15, 0.2) is 91.0 Å². The number of hydrogen-bond acceptors (Lipinski definition) is 4. The topological polar surface area (TPSA) is 59.0 Å². The SMILES string of the molecule is Cl.O=C(O)C[C@@H]1COc2cc(OCc3cccc(-c4cccc5c4CCN(CCc4ccccc4)C5)c3)ccc21. The van der Waals surface area contributed by atoms with E-state index in [9.17, 15) is 4.79 Å². The number of hydrogen-bond donors (Lipinski definition) is 1. The smallest absolute Gasteiger partial charge is 0.304 e. The van der Waals surface area contributed by atoms with Crippen molar-refractivity contribution in [3.63, 3.8) is 0 Å². The molecule has 0 aliphatic carbocycles. The highest BCUT2D eigenvalue weighted by atomic mass is 35.5. The molecule has 0 aromatic heterocycles. The molecule has 5 nitrogen and oxygen atoms in total. The second-order valence-electron chi connectivity index (χ2n) is 10.5. The fourth-order valence-electron chi connectivity index (χ4n) is 5.78. The summed E-state index contributed by atoms with van der Waals surface area (Å²) < 4.78 is 11.8. The molecule has 0 bridgehead atoms. The van der Waals surface area contributed by atoms with E-state index < -0.39 is 5.97 Å². The van der Waals surface area contributed by atoms with Gasteiger partial charge in [-0.3, -0.25) is 9.69 Å². The van der Waals surface area contributed by atoms with Gasteiger partial charge in [0.05, 0.1) is 13.0 Å². The van der Waals surface area contributed by atoms with E-state index in [2.05, 4.69) is 77.7 Å². The van der Waals surface area contributed by atoms with Crippen LogP contribution in [0.3, 0.4) is 0 Å². The second kappa shape index (κ2) is 12.6. The van der Waals surface area contributed by atoms with Crippen molar-refractivity contribution >= 4 is 18.4 Å². The van der Waals surface area contributed by atoms with Crippen molar-refractivity contribution < 1.29 is 19.4 Å². The molecule has 6 rings (SSSR count). The second-order valence-corrected chi connectivity index (χ2v) is 10.5. The Hall–Kier alpha value is -3.80. The number of carbonyl (C=O) groups is 1. The fraction of sp³-hybridized carbons (Fsp3) is 0.265. The van der Waals surface area contributed by atoms with Crippen molar-refractivity contribution in [2.45, 2.75) is 38.3 Å². The van der Waals surface area contributed by atoms with Crippen LogP contribution in [0.4, 0.5) is 0 Å². The zero-order valence-corrected chi connectivity index (χ0v) is 23.2. The van der Waals surface area contributed by atoms with Gasteiger partial charge in [0, 0.05) is 37.2 Å². The van der Waals surface area contributed by atoms with Gasteiger partial charge in [-0.15, -0.1) is 12.4 Å². The molecule has 206 valence electrons. The number of carboxylic acids is 1. The molecule has 1 atom stereocenters. The summed E-state index contributed by atoms with van der Waals surface area (Å²) in [6.07, 6.45) is 2.21. The molecule has 40 heavy (non-hydrogen) atoms. The number of halogens is 1. The first-order chi connectivity index (χ1) is 19.1. The summed E-state index contributed by atoms with van der Waals surface area (Å²) in [5.74, 6) is 0.539. The summed E-state index contributed by atoms with van der Waals surface area (Å²) in [5, 5.41) is 9.12. The van der Waals surface area contributed by atoms with Crippen molar-refractivity contribution in [1.82, 2.24) is 4.90 Å². The molecule has 6 heteroatoms. The maximum absolute atomic E-state index is 11.1. The molecule has 0 fully saturated rings. The molecule has 0 unspecified atom stereocenters. The monoisotopic (exact) mass is 555 g/mol. The Bertz CT molecular complexity index is 1470. The minimum atomic E-state index is -0.809. The predicted octanol–water partition coefficient (Wildman–Crippen LogP) is 6.91. The van der Waals surface area contributed by atoms with Gasteiger partial charge in [0.2, 0.25) is 0 Å². The van der Waals surface area contributed by atoms with E-state index >= 15 is 0 Å². The van der Waals surface area contributed by atoms with Crippen LogP contribution in [0, 0.1) is 0 Å². The summed E-state index contributed by atoms with van der Waals surface area (Å²) in [6, 6.07) is 31.7. The van der Waals surface area contributed by atoms with Gasteiger partial charge in [-0.1, -0.05) is 72.8 Å². The van der Waals surface area contributed by atoms with Gasteiger partial charge in [0.25, 0.3) is 0 Å². The summed E-state index contributed by atoms with van der Waals surface area (Å²) in [6.45, 7) is 4.00. The number of fused-ring (bicyclic) bond motifs is 2. The highest BCUT2D eigenvalue weighted by Gasteiger charge is 2.26.